The first-order valence-electron chi connectivity index (χ1n) is 7.92. The molecule has 27 heavy (non-hydrogen) atoms. The number of carbonyl (C=O) groups excluding carboxylic acids is 1. The van der Waals surface area contributed by atoms with Crippen molar-refractivity contribution in [2.24, 2.45) is 0 Å². The fourth-order valence-electron chi connectivity index (χ4n) is 2.62. The highest BCUT2D eigenvalue weighted by Crippen LogP contribution is 2.28. The lowest BCUT2D eigenvalue weighted by Crippen LogP contribution is -2.13. The first kappa shape index (κ1) is 18.5. The maximum absolute atomic E-state index is 12.6. The summed E-state index contributed by atoms with van der Waals surface area (Å²) >= 11 is 11.6. The van der Waals surface area contributed by atoms with E-state index in [9.17, 15) is 4.79 Å². The van der Waals surface area contributed by atoms with Gasteiger partial charge in [0.1, 0.15) is 5.52 Å². The van der Waals surface area contributed by atoms with Crippen LogP contribution in [0.25, 0.3) is 22.6 Å². The van der Waals surface area contributed by atoms with Crippen molar-refractivity contribution in [2.75, 3.05) is 5.32 Å². The molecular weight excluding hydrogens is 542 g/mol. The van der Waals surface area contributed by atoms with Crippen molar-refractivity contribution in [2.45, 2.75) is 0 Å². The van der Waals surface area contributed by atoms with E-state index in [0.29, 0.717) is 33.3 Å². The second kappa shape index (κ2) is 7.61. The van der Waals surface area contributed by atoms with Crippen LogP contribution in [0.5, 0.6) is 0 Å². The van der Waals surface area contributed by atoms with Crippen LogP contribution in [0, 0.1) is 3.57 Å². The zero-order chi connectivity index (χ0) is 19.0. The summed E-state index contributed by atoms with van der Waals surface area (Å²) in [7, 11) is 0. The van der Waals surface area contributed by atoms with E-state index in [1.54, 1.807) is 36.4 Å². The van der Waals surface area contributed by atoms with Gasteiger partial charge in [0.05, 0.1) is 5.56 Å². The standard InChI is InChI=1S/C20H11BrClIN2O2/c21-12-4-6-16(23)15(9-12)19(26)24-14-5-7-18-17(10-14)25-20(27-18)11-2-1-3-13(22)8-11/h1-10H,(H,24,26). The van der Waals surface area contributed by atoms with Crippen LogP contribution < -0.4 is 5.32 Å². The van der Waals surface area contributed by atoms with Crippen molar-refractivity contribution in [1.29, 1.82) is 0 Å². The van der Waals surface area contributed by atoms with E-state index in [4.69, 9.17) is 16.0 Å². The van der Waals surface area contributed by atoms with Crippen LogP contribution in [0.2, 0.25) is 5.02 Å². The van der Waals surface area contributed by atoms with Crippen molar-refractivity contribution < 1.29 is 9.21 Å². The minimum Gasteiger partial charge on any atom is -0.436 e. The van der Waals surface area contributed by atoms with E-state index >= 15 is 0 Å². The molecule has 4 rings (SSSR count). The smallest absolute Gasteiger partial charge is 0.256 e. The molecule has 4 nitrogen and oxygen atoms in total. The maximum Gasteiger partial charge on any atom is 0.256 e. The monoisotopic (exact) mass is 552 g/mol. The fourth-order valence-corrected chi connectivity index (χ4v) is 3.75. The van der Waals surface area contributed by atoms with Crippen molar-refractivity contribution in [3.05, 3.63) is 79.3 Å². The Bertz CT molecular complexity index is 1180. The average Bonchev–Trinajstić information content (AvgIpc) is 3.07. The molecule has 0 aliphatic rings. The van der Waals surface area contributed by atoms with Crippen molar-refractivity contribution in [1.82, 2.24) is 4.98 Å². The molecule has 0 fully saturated rings. The largest absolute Gasteiger partial charge is 0.436 e. The van der Waals surface area contributed by atoms with Gasteiger partial charge in [0, 0.05) is 24.3 Å². The third kappa shape index (κ3) is 4.02. The normalized spacial score (nSPS) is 10.9. The summed E-state index contributed by atoms with van der Waals surface area (Å²) in [4.78, 5) is 17.1. The molecule has 0 aliphatic heterocycles. The molecule has 134 valence electrons. The number of amides is 1. The number of oxazole rings is 1. The van der Waals surface area contributed by atoms with Crippen LogP contribution in [-0.2, 0) is 0 Å². The van der Waals surface area contributed by atoms with Gasteiger partial charge in [-0.1, -0.05) is 33.6 Å². The van der Waals surface area contributed by atoms with Gasteiger partial charge >= 0.3 is 0 Å². The first-order chi connectivity index (χ1) is 13.0. The number of anilines is 1. The van der Waals surface area contributed by atoms with Gasteiger partial charge in [-0.25, -0.2) is 4.98 Å². The summed E-state index contributed by atoms with van der Waals surface area (Å²) in [5.74, 6) is 0.302. The van der Waals surface area contributed by atoms with Crippen molar-refractivity contribution in [3.8, 4) is 11.5 Å². The second-order valence-corrected chi connectivity index (χ2v) is 8.30. The van der Waals surface area contributed by atoms with E-state index in [1.807, 2.05) is 24.3 Å². The highest BCUT2D eigenvalue weighted by Gasteiger charge is 2.13. The molecule has 0 saturated heterocycles. The summed E-state index contributed by atoms with van der Waals surface area (Å²) in [6.45, 7) is 0. The highest BCUT2D eigenvalue weighted by molar-refractivity contribution is 14.1. The molecule has 0 saturated carbocycles. The lowest BCUT2D eigenvalue weighted by Gasteiger charge is -2.07. The average molecular weight is 554 g/mol. The van der Waals surface area contributed by atoms with Crippen LogP contribution in [0.4, 0.5) is 5.69 Å². The van der Waals surface area contributed by atoms with Gasteiger partial charge in [-0.15, -0.1) is 0 Å². The molecule has 1 aromatic heterocycles. The van der Waals surface area contributed by atoms with E-state index < -0.39 is 0 Å². The van der Waals surface area contributed by atoms with Gasteiger partial charge in [-0.3, -0.25) is 4.79 Å². The number of fused-ring (bicyclic) bond motifs is 1. The SMILES string of the molecule is O=C(Nc1ccc2oc(-c3cccc(Cl)c3)nc2c1)c1cc(Br)ccc1I. The fraction of sp³-hybridized carbons (Fsp3) is 0. The third-order valence-electron chi connectivity index (χ3n) is 3.89. The quantitative estimate of drug-likeness (QED) is 0.285. The Morgan fingerprint density at radius 1 is 1.11 bits per heavy atom. The topological polar surface area (TPSA) is 55.1 Å². The molecule has 3 aromatic carbocycles. The number of nitrogens with one attached hydrogen (secondary N) is 1. The Morgan fingerprint density at radius 2 is 1.96 bits per heavy atom. The minimum atomic E-state index is -0.182. The summed E-state index contributed by atoms with van der Waals surface area (Å²) in [5.41, 5.74) is 3.35. The Kier molecular flexibility index (Phi) is 5.21. The maximum atomic E-state index is 12.6. The summed E-state index contributed by atoms with van der Waals surface area (Å²) in [6.07, 6.45) is 0. The van der Waals surface area contributed by atoms with Gasteiger partial charge < -0.3 is 9.73 Å². The van der Waals surface area contributed by atoms with Crippen LogP contribution in [-0.4, -0.2) is 10.9 Å². The lowest BCUT2D eigenvalue weighted by atomic mass is 10.2. The van der Waals surface area contributed by atoms with Crippen molar-refractivity contribution >= 4 is 72.8 Å². The van der Waals surface area contributed by atoms with Crippen LogP contribution in [0.3, 0.4) is 0 Å². The first-order valence-corrected chi connectivity index (χ1v) is 10.2. The highest BCUT2D eigenvalue weighted by atomic mass is 127. The number of rotatable bonds is 3. The summed E-state index contributed by atoms with van der Waals surface area (Å²) in [5, 5.41) is 3.53. The van der Waals surface area contributed by atoms with Gasteiger partial charge in [0.15, 0.2) is 5.58 Å². The number of nitrogens with zero attached hydrogens (tertiary/aromatic N) is 1. The molecule has 0 unspecified atom stereocenters. The molecule has 1 amide bonds. The predicted octanol–water partition coefficient (Wildman–Crippen LogP) is 6.77. The number of halogens is 3. The molecule has 0 aliphatic carbocycles. The lowest BCUT2D eigenvalue weighted by molar-refractivity contribution is 0.102. The second-order valence-electron chi connectivity index (χ2n) is 5.79. The van der Waals surface area contributed by atoms with E-state index in [0.717, 1.165) is 13.6 Å². The number of hydrogen-bond acceptors (Lipinski definition) is 3. The van der Waals surface area contributed by atoms with Gasteiger partial charge in [0.25, 0.3) is 5.91 Å². The molecule has 0 bridgehead atoms. The van der Waals surface area contributed by atoms with Crippen LogP contribution in [0.15, 0.2) is 69.6 Å². The molecule has 1 heterocycles. The molecule has 1 N–H and O–H groups in total. The number of benzene rings is 3. The van der Waals surface area contributed by atoms with E-state index in [-0.39, 0.29) is 5.91 Å². The summed E-state index contributed by atoms with van der Waals surface area (Å²) in [6, 6.07) is 18.3. The summed E-state index contributed by atoms with van der Waals surface area (Å²) < 4.78 is 7.53. The Morgan fingerprint density at radius 3 is 2.78 bits per heavy atom. The van der Waals surface area contributed by atoms with E-state index in [2.05, 4.69) is 48.8 Å². The molecule has 0 spiro atoms. The van der Waals surface area contributed by atoms with Crippen LogP contribution >= 0.6 is 50.1 Å². The Hall–Kier alpha value is -1.90. The number of carbonyl (C=O) groups is 1. The molecule has 0 atom stereocenters. The molecule has 0 radical (unpaired) electrons. The van der Waals surface area contributed by atoms with Gasteiger partial charge in [0.2, 0.25) is 5.89 Å². The predicted molar refractivity (Wildman–Crippen MR) is 119 cm³/mol. The third-order valence-corrected chi connectivity index (χ3v) is 5.56. The van der Waals surface area contributed by atoms with E-state index in [1.165, 1.54) is 0 Å². The minimum absolute atomic E-state index is 0.182. The molecular formula is C20H11BrClIN2O2. The zero-order valence-corrected chi connectivity index (χ0v) is 18.2. The van der Waals surface area contributed by atoms with Gasteiger partial charge in [-0.05, 0) is 77.2 Å². The number of aromatic nitrogens is 1. The molecule has 4 aromatic rings. The van der Waals surface area contributed by atoms with Gasteiger partial charge in [-0.2, -0.15) is 0 Å². The Labute approximate surface area is 182 Å². The molecule has 7 heteroatoms. The van der Waals surface area contributed by atoms with Crippen molar-refractivity contribution in [3.63, 3.8) is 0 Å². The number of hydrogen-bond donors (Lipinski definition) is 1. The Balaban J connectivity index is 1.64. The zero-order valence-electron chi connectivity index (χ0n) is 13.7. The van der Waals surface area contributed by atoms with Crippen LogP contribution in [0.1, 0.15) is 10.4 Å².